The fraction of sp³-hybridized carbons (Fsp3) is 0.679. The molecule has 7 nitrogen and oxygen atoms in total. The smallest absolute Gasteiger partial charge is 0.243 e. The lowest BCUT2D eigenvalue weighted by Crippen LogP contribution is -2.58. The number of likely N-dealkylation sites (N-methyl/N-ethyl adjacent to an activating group) is 1. The molecule has 1 aromatic rings. The summed E-state index contributed by atoms with van der Waals surface area (Å²) in [6.07, 6.45) is 7.35. The summed E-state index contributed by atoms with van der Waals surface area (Å²) >= 11 is 0. The molecule has 0 radical (unpaired) electrons. The predicted molar refractivity (Wildman–Crippen MR) is 136 cm³/mol. The maximum atomic E-state index is 13.6. The quantitative estimate of drug-likeness (QED) is 0.679. The summed E-state index contributed by atoms with van der Waals surface area (Å²) < 4.78 is 0. The van der Waals surface area contributed by atoms with Crippen LogP contribution < -0.4 is 5.32 Å². The van der Waals surface area contributed by atoms with Crippen molar-refractivity contribution < 1.29 is 14.4 Å². The van der Waals surface area contributed by atoms with Crippen LogP contribution in [0.2, 0.25) is 0 Å². The van der Waals surface area contributed by atoms with Crippen molar-refractivity contribution in [1.29, 1.82) is 0 Å². The van der Waals surface area contributed by atoms with Gasteiger partial charge in [0.1, 0.15) is 0 Å². The van der Waals surface area contributed by atoms with E-state index < -0.39 is 0 Å². The van der Waals surface area contributed by atoms with E-state index in [0.29, 0.717) is 32.1 Å². The van der Waals surface area contributed by atoms with Crippen LogP contribution >= 0.6 is 0 Å². The summed E-state index contributed by atoms with van der Waals surface area (Å²) in [5.74, 6) is 2.44. The maximum absolute atomic E-state index is 13.6. The van der Waals surface area contributed by atoms with Crippen molar-refractivity contribution in [2.45, 2.75) is 52.4 Å². The average molecular weight is 481 g/mol. The number of hydrogen-bond acceptors (Lipinski definition) is 4. The fourth-order valence-corrected chi connectivity index (χ4v) is 7.62. The maximum Gasteiger partial charge on any atom is 0.243 e. The first-order valence-corrected chi connectivity index (χ1v) is 13.3. The van der Waals surface area contributed by atoms with Gasteiger partial charge in [-0.15, -0.1) is 0 Å². The van der Waals surface area contributed by atoms with Crippen molar-refractivity contribution in [2.75, 3.05) is 51.6 Å². The van der Waals surface area contributed by atoms with E-state index in [1.807, 2.05) is 32.0 Å². The normalized spacial score (nSPS) is 29.8. The van der Waals surface area contributed by atoms with Gasteiger partial charge in [0, 0.05) is 38.9 Å². The second-order valence-electron chi connectivity index (χ2n) is 11.8. The molecule has 0 spiro atoms. The van der Waals surface area contributed by atoms with Crippen molar-refractivity contribution >= 4 is 23.4 Å². The van der Waals surface area contributed by atoms with E-state index in [2.05, 4.69) is 15.1 Å². The molecule has 1 aliphatic heterocycles. The molecule has 1 N–H and O–H groups in total. The van der Waals surface area contributed by atoms with Crippen molar-refractivity contribution in [3.63, 3.8) is 0 Å². The molecule has 1 saturated heterocycles. The van der Waals surface area contributed by atoms with Gasteiger partial charge in [-0.1, -0.05) is 18.2 Å². The molecule has 1 aromatic carbocycles. The second kappa shape index (κ2) is 9.57. The molecule has 7 heteroatoms. The lowest BCUT2D eigenvalue weighted by atomic mass is 9.49. The molecule has 3 amide bonds. The van der Waals surface area contributed by atoms with Crippen LogP contribution in [0.25, 0.3) is 0 Å². The molecule has 5 fully saturated rings. The molecule has 35 heavy (non-hydrogen) atoms. The monoisotopic (exact) mass is 480 g/mol. The van der Waals surface area contributed by atoms with Gasteiger partial charge in [-0.05, 0) is 81.3 Å². The van der Waals surface area contributed by atoms with E-state index in [9.17, 15) is 14.4 Å². The van der Waals surface area contributed by atoms with Crippen LogP contribution in [-0.2, 0) is 14.4 Å². The summed E-state index contributed by atoms with van der Waals surface area (Å²) in [4.78, 5) is 44.6. The number of para-hydroxylation sites is 1. The third kappa shape index (κ3) is 4.97. The summed E-state index contributed by atoms with van der Waals surface area (Å²) in [6, 6.07) is 5.89. The summed E-state index contributed by atoms with van der Waals surface area (Å²) in [6.45, 7) is 7.06. The van der Waals surface area contributed by atoms with Crippen LogP contribution in [0.5, 0.6) is 0 Å². The Morgan fingerprint density at radius 2 is 1.49 bits per heavy atom. The number of carbonyl (C=O) groups is 3. The van der Waals surface area contributed by atoms with Gasteiger partial charge in [0.15, 0.2) is 0 Å². The third-order valence-electron chi connectivity index (χ3n) is 9.06. The Bertz CT molecular complexity index is 942. The van der Waals surface area contributed by atoms with Crippen LogP contribution in [-0.4, -0.2) is 78.7 Å². The zero-order valence-corrected chi connectivity index (χ0v) is 21.5. The Labute approximate surface area is 209 Å². The van der Waals surface area contributed by atoms with Gasteiger partial charge in [-0.3, -0.25) is 19.3 Å². The number of anilines is 1. The Morgan fingerprint density at radius 1 is 0.943 bits per heavy atom. The number of benzene rings is 1. The number of nitrogens with one attached hydrogen (secondary N) is 1. The first kappa shape index (κ1) is 24.3. The summed E-state index contributed by atoms with van der Waals surface area (Å²) in [5, 5.41) is 2.95. The Hall–Kier alpha value is -2.41. The van der Waals surface area contributed by atoms with Gasteiger partial charge in [0.2, 0.25) is 17.7 Å². The zero-order valence-electron chi connectivity index (χ0n) is 21.5. The van der Waals surface area contributed by atoms with Gasteiger partial charge >= 0.3 is 0 Å². The minimum absolute atomic E-state index is 0.0249. The highest BCUT2D eigenvalue weighted by Crippen LogP contribution is 2.60. The van der Waals surface area contributed by atoms with Gasteiger partial charge in [-0.25, -0.2) is 0 Å². The van der Waals surface area contributed by atoms with Gasteiger partial charge in [0.25, 0.3) is 0 Å². The minimum Gasteiger partial charge on any atom is -0.340 e. The molecule has 5 aliphatic rings. The largest absolute Gasteiger partial charge is 0.340 e. The molecule has 190 valence electrons. The van der Waals surface area contributed by atoms with E-state index in [-0.39, 0.29) is 30.3 Å². The van der Waals surface area contributed by atoms with Gasteiger partial charge in [0.05, 0.1) is 18.5 Å². The lowest BCUT2D eigenvalue weighted by Gasteiger charge is -2.57. The third-order valence-corrected chi connectivity index (χ3v) is 9.06. The first-order chi connectivity index (χ1) is 16.7. The highest BCUT2D eigenvalue weighted by molar-refractivity contribution is 5.95. The van der Waals surface area contributed by atoms with Crippen LogP contribution in [0.3, 0.4) is 0 Å². The predicted octanol–water partition coefficient (Wildman–Crippen LogP) is 3.06. The van der Waals surface area contributed by atoms with E-state index in [0.717, 1.165) is 53.8 Å². The van der Waals surface area contributed by atoms with E-state index in [1.165, 1.54) is 24.2 Å². The van der Waals surface area contributed by atoms with E-state index >= 15 is 0 Å². The van der Waals surface area contributed by atoms with Gasteiger partial charge in [-0.2, -0.15) is 0 Å². The number of nitrogens with zero attached hydrogens (tertiary/aromatic N) is 3. The molecule has 6 rings (SSSR count). The van der Waals surface area contributed by atoms with Crippen molar-refractivity contribution in [3.05, 3.63) is 29.3 Å². The van der Waals surface area contributed by atoms with Gasteiger partial charge < -0.3 is 15.1 Å². The number of carbonyl (C=O) groups excluding carboxylic acids is 3. The Morgan fingerprint density at radius 3 is 2.03 bits per heavy atom. The Balaban J connectivity index is 1.09. The fourth-order valence-electron chi connectivity index (χ4n) is 7.62. The number of rotatable bonds is 6. The van der Waals surface area contributed by atoms with Crippen molar-refractivity contribution in [1.82, 2.24) is 14.7 Å². The zero-order chi connectivity index (χ0) is 24.7. The number of hydrogen-bond donors (Lipinski definition) is 1. The lowest BCUT2D eigenvalue weighted by molar-refractivity contribution is -0.159. The molecule has 4 bridgehead atoms. The topological polar surface area (TPSA) is 73.0 Å². The van der Waals surface area contributed by atoms with Crippen LogP contribution in [0.15, 0.2) is 18.2 Å². The standard InChI is InChI=1S/C28H40N4O3/c1-19-5-4-6-20(2)26(19)29-24(33)17-30(3)25(34)18-31-7-9-32(10-8-31)27(35)28-14-21-11-22(15-28)13-23(12-21)16-28/h4-6,21-23H,7-18H2,1-3H3,(H,29,33). The summed E-state index contributed by atoms with van der Waals surface area (Å²) in [7, 11) is 1.68. The number of amides is 3. The van der Waals surface area contributed by atoms with Crippen molar-refractivity contribution in [3.8, 4) is 0 Å². The highest BCUT2D eigenvalue weighted by Gasteiger charge is 2.55. The molecular formula is C28H40N4O3. The molecule has 0 unspecified atom stereocenters. The molecule has 0 atom stereocenters. The molecule has 0 aromatic heterocycles. The second-order valence-corrected chi connectivity index (χ2v) is 11.8. The van der Waals surface area contributed by atoms with Crippen LogP contribution in [0.4, 0.5) is 5.69 Å². The number of aryl methyl sites for hydroxylation is 2. The average Bonchev–Trinajstić information content (AvgIpc) is 2.80. The van der Waals surface area contributed by atoms with E-state index in [1.54, 1.807) is 7.05 Å². The molecule has 4 saturated carbocycles. The first-order valence-electron chi connectivity index (χ1n) is 13.3. The molecule has 4 aliphatic carbocycles. The molecular weight excluding hydrogens is 440 g/mol. The summed E-state index contributed by atoms with van der Waals surface area (Å²) in [5.41, 5.74) is 2.75. The molecule has 1 heterocycles. The minimum atomic E-state index is -0.191. The Kier molecular flexibility index (Phi) is 6.64. The van der Waals surface area contributed by atoms with Crippen LogP contribution in [0, 0.1) is 37.0 Å². The van der Waals surface area contributed by atoms with Crippen LogP contribution in [0.1, 0.15) is 49.7 Å². The van der Waals surface area contributed by atoms with Crippen molar-refractivity contribution in [2.24, 2.45) is 23.2 Å². The van der Waals surface area contributed by atoms with E-state index in [4.69, 9.17) is 0 Å². The number of piperazine rings is 1. The highest BCUT2D eigenvalue weighted by atomic mass is 16.2. The SMILES string of the molecule is Cc1cccc(C)c1NC(=O)CN(C)C(=O)CN1CCN(C(=O)C23CC4CC(CC(C4)C2)C3)CC1.